The summed E-state index contributed by atoms with van der Waals surface area (Å²) in [7, 11) is 0. The number of benzene rings is 2. The molecule has 0 saturated carbocycles. The Bertz CT molecular complexity index is 768. The first kappa shape index (κ1) is 21.2. The number of hydrogen-bond donors (Lipinski definition) is 0. The van der Waals surface area contributed by atoms with Crippen molar-refractivity contribution in [1.29, 1.82) is 0 Å². The van der Waals surface area contributed by atoms with E-state index in [1.165, 1.54) is 12.1 Å². The van der Waals surface area contributed by atoms with E-state index in [1.807, 2.05) is 12.1 Å². The van der Waals surface area contributed by atoms with E-state index in [0.29, 0.717) is 12.8 Å². The van der Waals surface area contributed by atoms with Gasteiger partial charge in [-0.3, -0.25) is 25.0 Å². The number of non-ortho nitro benzene ring substituents is 2. The Morgan fingerprint density at radius 3 is 1.54 bits per heavy atom. The molecular weight excluding hydrogens is 360 g/mol. The Labute approximate surface area is 163 Å². The smallest absolute Gasteiger partial charge is 0.269 e. The molecule has 0 spiro atoms. The molecule has 2 aromatic rings. The molecule has 0 aliphatic rings. The van der Waals surface area contributed by atoms with Crippen LogP contribution in [-0.4, -0.2) is 15.6 Å². The summed E-state index contributed by atoms with van der Waals surface area (Å²) < 4.78 is 0. The van der Waals surface area contributed by atoms with Crippen LogP contribution in [-0.2, 0) is 17.6 Å². The number of Topliss-reactive ketones (excluding diaryl/α,β-unsaturated/α-hetero) is 1. The number of ketones is 1. The molecule has 0 radical (unpaired) electrons. The van der Waals surface area contributed by atoms with Crippen LogP contribution < -0.4 is 0 Å². The van der Waals surface area contributed by atoms with Crippen molar-refractivity contribution >= 4 is 17.2 Å². The number of hydrogen-bond acceptors (Lipinski definition) is 5. The van der Waals surface area contributed by atoms with Crippen LogP contribution in [0.2, 0.25) is 0 Å². The first-order valence-corrected chi connectivity index (χ1v) is 9.44. The molecule has 0 amide bonds. The third-order valence-corrected chi connectivity index (χ3v) is 4.58. The molecular formula is C21H24N2O5. The molecule has 28 heavy (non-hydrogen) atoms. The highest BCUT2D eigenvalue weighted by Gasteiger charge is 2.08. The van der Waals surface area contributed by atoms with Crippen molar-refractivity contribution in [2.24, 2.45) is 0 Å². The van der Waals surface area contributed by atoms with Crippen LogP contribution in [0.25, 0.3) is 0 Å². The minimum atomic E-state index is -0.402. The number of aryl methyl sites for hydroxylation is 2. The predicted octanol–water partition coefficient (Wildman–Crippen LogP) is 5.20. The molecule has 0 aliphatic heterocycles. The average Bonchev–Trinajstić information content (AvgIpc) is 2.69. The van der Waals surface area contributed by atoms with Crippen LogP contribution in [0.5, 0.6) is 0 Å². The molecule has 0 saturated heterocycles. The Hall–Kier alpha value is -3.09. The monoisotopic (exact) mass is 384 g/mol. The first-order chi connectivity index (χ1) is 13.5. The van der Waals surface area contributed by atoms with Crippen LogP contribution >= 0.6 is 0 Å². The molecule has 2 aromatic carbocycles. The molecule has 0 N–H and O–H groups in total. The molecule has 0 bridgehead atoms. The number of carbonyl (C=O) groups excluding carboxylic acids is 1. The summed E-state index contributed by atoms with van der Waals surface area (Å²) >= 11 is 0. The average molecular weight is 384 g/mol. The van der Waals surface area contributed by atoms with Crippen LogP contribution in [0.4, 0.5) is 11.4 Å². The largest absolute Gasteiger partial charge is 0.300 e. The molecule has 7 heteroatoms. The van der Waals surface area contributed by atoms with E-state index in [4.69, 9.17) is 0 Å². The lowest BCUT2D eigenvalue weighted by Crippen LogP contribution is -1.99. The second-order valence-corrected chi connectivity index (χ2v) is 6.81. The molecule has 0 heterocycles. The van der Waals surface area contributed by atoms with Crippen LogP contribution in [0.3, 0.4) is 0 Å². The molecule has 2 rings (SSSR count). The van der Waals surface area contributed by atoms with Gasteiger partial charge in [0, 0.05) is 37.1 Å². The third kappa shape index (κ3) is 7.26. The van der Waals surface area contributed by atoms with Crippen molar-refractivity contribution in [3.05, 3.63) is 79.9 Å². The first-order valence-electron chi connectivity index (χ1n) is 9.44. The van der Waals surface area contributed by atoms with E-state index in [-0.39, 0.29) is 17.2 Å². The van der Waals surface area contributed by atoms with Gasteiger partial charge in [-0.1, -0.05) is 24.3 Å². The van der Waals surface area contributed by atoms with Crippen LogP contribution in [0, 0.1) is 20.2 Å². The van der Waals surface area contributed by atoms with Crippen molar-refractivity contribution < 1.29 is 14.6 Å². The van der Waals surface area contributed by atoms with Gasteiger partial charge in [0.1, 0.15) is 5.78 Å². The summed E-state index contributed by atoms with van der Waals surface area (Å²) in [6, 6.07) is 13.2. The van der Waals surface area contributed by atoms with Gasteiger partial charge in [-0.15, -0.1) is 0 Å². The topological polar surface area (TPSA) is 103 Å². The number of carbonyl (C=O) groups is 1. The summed E-state index contributed by atoms with van der Waals surface area (Å²) in [4.78, 5) is 32.7. The second-order valence-electron chi connectivity index (χ2n) is 6.81. The lowest BCUT2D eigenvalue weighted by molar-refractivity contribution is -0.385. The minimum Gasteiger partial charge on any atom is -0.300 e. The van der Waals surface area contributed by atoms with E-state index in [9.17, 15) is 25.0 Å². The van der Waals surface area contributed by atoms with Gasteiger partial charge in [-0.2, -0.15) is 0 Å². The number of nitro benzene ring substituents is 2. The van der Waals surface area contributed by atoms with Gasteiger partial charge in [0.25, 0.3) is 11.4 Å². The van der Waals surface area contributed by atoms with Crippen molar-refractivity contribution in [2.75, 3.05) is 0 Å². The van der Waals surface area contributed by atoms with Gasteiger partial charge in [0.2, 0.25) is 0 Å². The highest BCUT2D eigenvalue weighted by Crippen LogP contribution is 2.17. The van der Waals surface area contributed by atoms with Crippen LogP contribution in [0.15, 0.2) is 48.5 Å². The van der Waals surface area contributed by atoms with Crippen molar-refractivity contribution in [1.82, 2.24) is 0 Å². The number of unbranched alkanes of at least 4 members (excludes halogenated alkanes) is 2. The van der Waals surface area contributed by atoms with E-state index in [0.717, 1.165) is 49.7 Å². The molecule has 0 fully saturated rings. The highest BCUT2D eigenvalue weighted by molar-refractivity contribution is 5.78. The fourth-order valence-electron chi connectivity index (χ4n) is 3.08. The zero-order valence-corrected chi connectivity index (χ0v) is 15.7. The molecule has 7 nitrogen and oxygen atoms in total. The maximum atomic E-state index is 12.0. The maximum Gasteiger partial charge on any atom is 0.269 e. The second kappa shape index (κ2) is 10.9. The predicted molar refractivity (Wildman–Crippen MR) is 106 cm³/mol. The SMILES string of the molecule is O=C(CCCCc1cccc([N+](=O)[O-])c1)CCCCc1cccc([N+](=O)[O-])c1. The number of rotatable bonds is 12. The lowest BCUT2D eigenvalue weighted by Gasteiger charge is -2.04. The third-order valence-electron chi connectivity index (χ3n) is 4.58. The summed E-state index contributed by atoms with van der Waals surface area (Å²) in [6.45, 7) is 0. The Morgan fingerprint density at radius 1 is 0.714 bits per heavy atom. The zero-order chi connectivity index (χ0) is 20.4. The molecule has 0 aliphatic carbocycles. The van der Waals surface area contributed by atoms with Gasteiger partial charge in [-0.05, 0) is 49.7 Å². The lowest BCUT2D eigenvalue weighted by atomic mass is 10.0. The van der Waals surface area contributed by atoms with Gasteiger partial charge < -0.3 is 0 Å². The minimum absolute atomic E-state index is 0.0947. The van der Waals surface area contributed by atoms with Crippen molar-refractivity contribution in [3.63, 3.8) is 0 Å². The fourth-order valence-corrected chi connectivity index (χ4v) is 3.08. The standard InChI is InChI=1S/C21H24N2O5/c24-21(13-3-1-7-17-9-5-11-19(15-17)22(25)26)14-4-2-8-18-10-6-12-20(16-18)23(27)28/h5-6,9-12,15-16H,1-4,7-8,13-14H2. The van der Waals surface area contributed by atoms with Crippen molar-refractivity contribution in [3.8, 4) is 0 Å². The van der Waals surface area contributed by atoms with E-state index >= 15 is 0 Å². The van der Waals surface area contributed by atoms with E-state index in [2.05, 4.69) is 0 Å². The fraction of sp³-hybridized carbons (Fsp3) is 0.381. The van der Waals surface area contributed by atoms with Gasteiger partial charge in [-0.25, -0.2) is 0 Å². The number of nitrogens with zero attached hydrogens (tertiary/aromatic N) is 2. The normalized spacial score (nSPS) is 10.6. The summed E-state index contributed by atoms with van der Waals surface area (Å²) in [5.74, 6) is 0.220. The Balaban J connectivity index is 1.60. The zero-order valence-electron chi connectivity index (χ0n) is 15.7. The van der Waals surface area contributed by atoms with E-state index in [1.54, 1.807) is 24.3 Å². The van der Waals surface area contributed by atoms with Crippen LogP contribution in [0.1, 0.15) is 49.7 Å². The number of nitro groups is 2. The quantitative estimate of drug-likeness (QED) is 0.284. The summed E-state index contributed by atoms with van der Waals surface area (Å²) in [5, 5.41) is 21.5. The summed E-state index contributed by atoms with van der Waals surface area (Å²) in [5.41, 5.74) is 2.02. The summed E-state index contributed by atoms with van der Waals surface area (Å²) in [6.07, 6.45) is 5.67. The Kier molecular flexibility index (Phi) is 8.27. The van der Waals surface area contributed by atoms with Gasteiger partial charge in [0.15, 0.2) is 0 Å². The maximum absolute atomic E-state index is 12.0. The van der Waals surface area contributed by atoms with Gasteiger partial charge in [0.05, 0.1) is 9.85 Å². The molecule has 0 aromatic heterocycles. The van der Waals surface area contributed by atoms with E-state index < -0.39 is 9.85 Å². The Morgan fingerprint density at radius 2 is 1.14 bits per heavy atom. The molecule has 0 atom stereocenters. The highest BCUT2D eigenvalue weighted by atomic mass is 16.6. The molecule has 0 unspecified atom stereocenters. The van der Waals surface area contributed by atoms with Crippen molar-refractivity contribution in [2.45, 2.75) is 51.4 Å². The van der Waals surface area contributed by atoms with Gasteiger partial charge >= 0.3 is 0 Å². The molecule has 148 valence electrons.